The molecule has 35 heavy (non-hydrogen) atoms. The number of nitrogens with one attached hydrogen (secondary N) is 1. The topological polar surface area (TPSA) is 41.6 Å². The van der Waals surface area contributed by atoms with Crippen LogP contribution in [0, 0.1) is 5.92 Å². The van der Waals surface area contributed by atoms with Gasteiger partial charge in [0.15, 0.2) is 0 Å². The normalized spacial score (nSPS) is 21.3. The second-order valence-electron chi connectivity index (χ2n) is 9.05. The van der Waals surface area contributed by atoms with Gasteiger partial charge in [-0.25, -0.2) is 0 Å². The van der Waals surface area contributed by atoms with Crippen molar-refractivity contribution in [3.8, 4) is 16.9 Å². The SMILES string of the molecule is COc1ccc(-c2cc3c4c(c2)[C@@H]2CNCC[C@@H]2CN4CCC3)c(C(F)(F)F)c1.O=CC(F)(F)F. The summed E-state index contributed by atoms with van der Waals surface area (Å²) in [4.78, 5) is 11.2. The van der Waals surface area contributed by atoms with Crippen LogP contribution in [-0.2, 0) is 17.4 Å². The van der Waals surface area contributed by atoms with Gasteiger partial charge in [-0.05, 0) is 78.2 Å². The number of aryl methyl sites for hydroxylation is 1. The molecule has 4 nitrogen and oxygen atoms in total. The Kier molecular flexibility index (Phi) is 7.04. The number of hydrogen-bond donors (Lipinski definition) is 1. The number of fused-ring (bicyclic) bond motifs is 2. The van der Waals surface area contributed by atoms with Crippen molar-refractivity contribution in [2.24, 2.45) is 5.92 Å². The zero-order chi connectivity index (χ0) is 25.4. The Labute approximate surface area is 199 Å². The highest BCUT2D eigenvalue weighted by atomic mass is 19.4. The minimum Gasteiger partial charge on any atom is -0.497 e. The third-order valence-corrected chi connectivity index (χ3v) is 6.87. The summed E-state index contributed by atoms with van der Waals surface area (Å²) < 4.78 is 77.8. The Hall–Kier alpha value is -2.75. The third kappa shape index (κ3) is 5.42. The fourth-order valence-corrected chi connectivity index (χ4v) is 5.40. The van der Waals surface area contributed by atoms with Crippen LogP contribution in [0.2, 0.25) is 0 Å². The lowest BCUT2D eigenvalue weighted by Crippen LogP contribution is -2.47. The molecular formula is C25H26F6N2O2. The molecule has 0 spiro atoms. The van der Waals surface area contributed by atoms with Crippen LogP contribution < -0.4 is 15.0 Å². The van der Waals surface area contributed by atoms with Crippen molar-refractivity contribution in [3.05, 3.63) is 47.0 Å². The summed E-state index contributed by atoms with van der Waals surface area (Å²) in [5.41, 5.74) is 3.97. The average Bonchev–Trinajstić information content (AvgIpc) is 2.83. The highest BCUT2D eigenvalue weighted by Gasteiger charge is 2.39. The average molecular weight is 500 g/mol. The summed E-state index contributed by atoms with van der Waals surface area (Å²) in [6.45, 7) is 4.05. The number of methoxy groups -OCH3 is 1. The van der Waals surface area contributed by atoms with Crippen LogP contribution in [0.25, 0.3) is 11.1 Å². The number of anilines is 1. The van der Waals surface area contributed by atoms with Crippen LogP contribution in [0.15, 0.2) is 30.3 Å². The minimum atomic E-state index is -4.64. The zero-order valence-corrected chi connectivity index (χ0v) is 19.1. The summed E-state index contributed by atoms with van der Waals surface area (Å²) >= 11 is 0. The highest BCUT2D eigenvalue weighted by molar-refractivity contribution is 5.77. The molecule has 0 bridgehead atoms. The van der Waals surface area contributed by atoms with Gasteiger partial charge in [-0.15, -0.1) is 0 Å². The molecule has 2 atom stereocenters. The largest absolute Gasteiger partial charge is 0.497 e. The number of halogens is 6. The Morgan fingerprint density at radius 1 is 1.11 bits per heavy atom. The molecule has 0 radical (unpaired) electrons. The predicted octanol–water partition coefficient (Wildman–Crippen LogP) is 5.59. The van der Waals surface area contributed by atoms with E-state index < -0.39 is 24.2 Å². The molecule has 0 amide bonds. The van der Waals surface area contributed by atoms with Gasteiger partial charge >= 0.3 is 12.4 Å². The second-order valence-corrected chi connectivity index (χ2v) is 9.05. The molecule has 190 valence electrons. The molecule has 2 aromatic rings. The smallest absolute Gasteiger partial charge is 0.446 e. The molecule has 5 rings (SSSR count). The molecule has 3 aliphatic heterocycles. The summed E-state index contributed by atoms with van der Waals surface area (Å²) in [7, 11) is 1.39. The molecule has 1 saturated heterocycles. The molecule has 0 unspecified atom stereocenters. The number of hydrogen-bond acceptors (Lipinski definition) is 4. The molecule has 0 aromatic heterocycles. The number of aldehydes is 1. The maximum atomic E-state index is 13.8. The molecule has 10 heteroatoms. The number of benzene rings is 2. The van der Waals surface area contributed by atoms with Crippen molar-refractivity contribution < 1.29 is 35.9 Å². The van der Waals surface area contributed by atoms with Gasteiger partial charge in [0, 0.05) is 31.2 Å². The van der Waals surface area contributed by atoms with Crippen LogP contribution >= 0.6 is 0 Å². The molecule has 1 fully saturated rings. The maximum absolute atomic E-state index is 13.8. The Balaban J connectivity index is 0.000000431. The summed E-state index contributed by atoms with van der Waals surface area (Å²) in [5.74, 6) is 1.17. The Morgan fingerprint density at radius 3 is 2.51 bits per heavy atom. The summed E-state index contributed by atoms with van der Waals surface area (Å²) in [5, 5.41) is 3.49. The molecular weight excluding hydrogens is 474 g/mol. The number of carbonyl (C=O) groups is 1. The molecule has 3 aliphatic rings. The van der Waals surface area contributed by atoms with Gasteiger partial charge < -0.3 is 15.0 Å². The van der Waals surface area contributed by atoms with E-state index in [-0.39, 0.29) is 11.3 Å². The lowest BCUT2D eigenvalue weighted by atomic mass is 9.74. The van der Waals surface area contributed by atoms with Crippen LogP contribution in [0.4, 0.5) is 32.0 Å². The van der Waals surface area contributed by atoms with E-state index in [1.165, 1.54) is 23.9 Å². The van der Waals surface area contributed by atoms with Crippen LogP contribution in [-0.4, -0.2) is 45.8 Å². The van der Waals surface area contributed by atoms with Gasteiger partial charge in [0.1, 0.15) is 5.75 Å². The third-order valence-electron chi connectivity index (χ3n) is 6.87. The number of alkyl halides is 6. The van der Waals surface area contributed by atoms with Crippen molar-refractivity contribution in [3.63, 3.8) is 0 Å². The predicted molar refractivity (Wildman–Crippen MR) is 120 cm³/mol. The van der Waals surface area contributed by atoms with E-state index in [4.69, 9.17) is 9.53 Å². The number of nitrogens with zero attached hydrogens (tertiary/aromatic N) is 1. The van der Waals surface area contributed by atoms with E-state index in [2.05, 4.69) is 10.2 Å². The highest BCUT2D eigenvalue weighted by Crippen LogP contribution is 2.48. The van der Waals surface area contributed by atoms with E-state index in [1.54, 1.807) is 12.1 Å². The minimum absolute atomic E-state index is 0.225. The van der Waals surface area contributed by atoms with Crippen LogP contribution in [0.5, 0.6) is 5.75 Å². The van der Waals surface area contributed by atoms with Gasteiger partial charge in [0.25, 0.3) is 0 Å². The van der Waals surface area contributed by atoms with Crippen molar-refractivity contribution in [1.82, 2.24) is 5.32 Å². The number of ether oxygens (including phenoxy) is 1. The number of piperidine rings is 1. The molecule has 0 aliphatic carbocycles. The lowest BCUT2D eigenvalue weighted by molar-refractivity contribution is -0.156. The first kappa shape index (κ1) is 25.3. The first-order valence-corrected chi connectivity index (χ1v) is 11.4. The Bertz CT molecular complexity index is 1080. The second kappa shape index (κ2) is 9.72. The van der Waals surface area contributed by atoms with Gasteiger partial charge in [-0.3, -0.25) is 4.79 Å². The lowest BCUT2D eigenvalue weighted by Gasteiger charge is -2.46. The van der Waals surface area contributed by atoms with E-state index in [1.807, 2.05) is 12.1 Å². The number of carbonyl (C=O) groups excluding carboxylic acids is 1. The van der Waals surface area contributed by atoms with Gasteiger partial charge in [-0.2, -0.15) is 26.3 Å². The quantitative estimate of drug-likeness (QED) is 0.432. The first-order valence-electron chi connectivity index (χ1n) is 11.4. The van der Waals surface area contributed by atoms with Gasteiger partial charge in [0.05, 0.1) is 12.7 Å². The van der Waals surface area contributed by atoms with Gasteiger partial charge in [0.2, 0.25) is 6.29 Å². The zero-order valence-electron chi connectivity index (χ0n) is 19.1. The van der Waals surface area contributed by atoms with Crippen molar-refractivity contribution in [2.75, 3.05) is 38.2 Å². The Morgan fingerprint density at radius 2 is 1.86 bits per heavy atom. The number of rotatable bonds is 2. The molecule has 1 N–H and O–H groups in total. The summed E-state index contributed by atoms with van der Waals surface area (Å²) in [6.07, 6.45) is -7.03. The first-order chi connectivity index (χ1) is 16.5. The van der Waals surface area contributed by atoms with E-state index >= 15 is 0 Å². The monoisotopic (exact) mass is 500 g/mol. The van der Waals surface area contributed by atoms with Crippen molar-refractivity contribution >= 4 is 12.0 Å². The van der Waals surface area contributed by atoms with E-state index in [9.17, 15) is 26.3 Å². The van der Waals surface area contributed by atoms with Gasteiger partial charge in [-0.1, -0.05) is 6.07 Å². The fourth-order valence-electron chi connectivity index (χ4n) is 5.40. The summed E-state index contributed by atoms with van der Waals surface area (Å²) in [6, 6.07) is 8.29. The van der Waals surface area contributed by atoms with Crippen LogP contribution in [0.3, 0.4) is 0 Å². The fraction of sp³-hybridized carbons (Fsp3) is 0.480. The van der Waals surface area contributed by atoms with E-state index in [0.717, 1.165) is 51.5 Å². The molecule has 0 saturated carbocycles. The standard InChI is InChI=1S/C23H25F3N2O.C2HF3O/c1-29-17-4-5-18(21(11-17)23(24,25)26)16-9-14-3-2-8-28-13-15-6-7-27-12-20(15)19(10-16)22(14)28;3-2(4,5)1-6/h4-5,9-11,15,20,27H,2-3,6-8,12-13H2,1H3;1H/t15-,20-;/m1./s1. The van der Waals surface area contributed by atoms with Crippen molar-refractivity contribution in [2.45, 2.75) is 37.5 Å². The molecule has 3 heterocycles. The van der Waals surface area contributed by atoms with E-state index in [0.29, 0.717) is 17.4 Å². The van der Waals surface area contributed by atoms with Crippen LogP contribution in [0.1, 0.15) is 35.4 Å². The maximum Gasteiger partial charge on any atom is 0.446 e. The van der Waals surface area contributed by atoms with Crippen molar-refractivity contribution in [1.29, 1.82) is 0 Å². The molecule has 2 aromatic carbocycles.